The van der Waals surface area contributed by atoms with E-state index in [1.54, 1.807) is 0 Å². The quantitative estimate of drug-likeness (QED) is 0.714. The predicted octanol–water partition coefficient (Wildman–Crippen LogP) is 4.08. The minimum Gasteiger partial charge on any atom is -0.207 e. The summed E-state index contributed by atoms with van der Waals surface area (Å²) >= 11 is 1.49. The SMILES string of the molecule is CSC(=C(C)C)c1cc(F)cc(F)c1. The fourth-order valence-corrected chi connectivity index (χ4v) is 2.06. The number of benzene rings is 1. The molecule has 0 aliphatic heterocycles. The van der Waals surface area contributed by atoms with E-state index in [1.165, 1.54) is 23.9 Å². The van der Waals surface area contributed by atoms with Gasteiger partial charge in [0.05, 0.1) is 0 Å². The Labute approximate surface area is 87.0 Å². The minimum atomic E-state index is -0.534. The van der Waals surface area contributed by atoms with Gasteiger partial charge in [0, 0.05) is 11.0 Å². The van der Waals surface area contributed by atoms with Crippen molar-refractivity contribution in [1.82, 2.24) is 0 Å². The summed E-state index contributed by atoms with van der Waals surface area (Å²) in [5.74, 6) is -1.07. The summed E-state index contributed by atoms with van der Waals surface area (Å²) in [7, 11) is 0. The number of hydrogen-bond acceptors (Lipinski definition) is 1. The standard InChI is InChI=1S/C11H12F2S/c1-7(2)11(14-3)8-4-9(12)6-10(13)5-8/h4-6H,1-3H3. The lowest BCUT2D eigenvalue weighted by Crippen LogP contribution is -1.87. The van der Waals surface area contributed by atoms with Gasteiger partial charge < -0.3 is 0 Å². The summed E-state index contributed by atoms with van der Waals surface area (Å²) in [6, 6.07) is 3.58. The molecule has 0 radical (unpaired) electrons. The van der Waals surface area contributed by atoms with Crippen LogP contribution < -0.4 is 0 Å². The first-order chi connectivity index (χ1) is 6.54. The number of hydrogen-bond donors (Lipinski definition) is 0. The van der Waals surface area contributed by atoms with Gasteiger partial charge in [-0.3, -0.25) is 0 Å². The van der Waals surface area contributed by atoms with Crippen LogP contribution in [0.3, 0.4) is 0 Å². The maximum absolute atomic E-state index is 12.9. The molecule has 3 heteroatoms. The van der Waals surface area contributed by atoms with Gasteiger partial charge in [0.2, 0.25) is 0 Å². The van der Waals surface area contributed by atoms with Crippen molar-refractivity contribution >= 4 is 16.7 Å². The van der Waals surface area contributed by atoms with Gasteiger partial charge in [-0.2, -0.15) is 0 Å². The van der Waals surface area contributed by atoms with Crippen LogP contribution in [0.25, 0.3) is 4.91 Å². The zero-order valence-electron chi connectivity index (χ0n) is 8.40. The molecule has 0 atom stereocenters. The first-order valence-electron chi connectivity index (χ1n) is 4.22. The van der Waals surface area contributed by atoms with Crippen molar-refractivity contribution in [2.45, 2.75) is 13.8 Å². The first kappa shape index (κ1) is 11.2. The highest BCUT2D eigenvalue weighted by molar-refractivity contribution is 8.07. The van der Waals surface area contributed by atoms with Gasteiger partial charge in [-0.1, -0.05) is 5.57 Å². The van der Waals surface area contributed by atoms with Crippen LogP contribution in [0.4, 0.5) is 8.78 Å². The second kappa shape index (κ2) is 4.60. The van der Waals surface area contributed by atoms with E-state index in [1.807, 2.05) is 20.1 Å². The van der Waals surface area contributed by atoms with Gasteiger partial charge in [0.1, 0.15) is 11.6 Å². The molecule has 0 fully saturated rings. The Balaban J connectivity index is 3.25. The number of rotatable bonds is 2. The molecule has 0 heterocycles. The van der Waals surface area contributed by atoms with Crippen molar-refractivity contribution in [3.8, 4) is 0 Å². The van der Waals surface area contributed by atoms with E-state index in [2.05, 4.69) is 0 Å². The number of halogens is 2. The second-order valence-corrected chi connectivity index (χ2v) is 4.01. The molecule has 0 saturated carbocycles. The average Bonchev–Trinajstić information content (AvgIpc) is 2.02. The van der Waals surface area contributed by atoms with E-state index in [0.29, 0.717) is 5.56 Å². The lowest BCUT2D eigenvalue weighted by atomic mass is 10.1. The molecule has 0 nitrogen and oxygen atoms in total. The van der Waals surface area contributed by atoms with Crippen LogP contribution in [-0.4, -0.2) is 6.26 Å². The van der Waals surface area contributed by atoms with Gasteiger partial charge in [0.25, 0.3) is 0 Å². The highest BCUT2D eigenvalue weighted by Gasteiger charge is 2.06. The largest absolute Gasteiger partial charge is 0.207 e. The van der Waals surface area contributed by atoms with Crippen LogP contribution in [0.5, 0.6) is 0 Å². The van der Waals surface area contributed by atoms with Gasteiger partial charge in [-0.05, 0) is 37.8 Å². The van der Waals surface area contributed by atoms with E-state index < -0.39 is 11.6 Å². The van der Waals surface area contributed by atoms with E-state index in [9.17, 15) is 8.78 Å². The molecule has 1 aromatic carbocycles. The molecule has 0 amide bonds. The Hall–Kier alpha value is -0.830. The molecule has 0 spiro atoms. The zero-order chi connectivity index (χ0) is 10.7. The molecule has 1 rings (SSSR count). The predicted molar refractivity (Wildman–Crippen MR) is 58.1 cm³/mol. The number of thioether (sulfide) groups is 1. The van der Waals surface area contributed by atoms with Crippen molar-refractivity contribution in [3.63, 3.8) is 0 Å². The highest BCUT2D eigenvalue weighted by atomic mass is 32.2. The maximum Gasteiger partial charge on any atom is 0.126 e. The highest BCUT2D eigenvalue weighted by Crippen LogP contribution is 2.29. The van der Waals surface area contributed by atoms with Crippen LogP contribution >= 0.6 is 11.8 Å². The molecule has 14 heavy (non-hydrogen) atoms. The summed E-state index contributed by atoms with van der Waals surface area (Å²) in [6.45, 7) is 3.85. The number of allylic oxidation sites excluding steroid dienone is 1. The van der Waals surface area contributed by atoms with Gasteiger partial charge in [0.15, 0.2) is 0 Å². The molecular weight excluding hydrogens is 202 g/mol. The van der Waals surface area contributed by atoms with Crippen LogP contribution in [0.2, 0.25) is 0 Å². The third-order valence-corrected chi connectivity index (χ3v) is 2.84. The molecule has 0 bridgehead atoms. The van der Waals surface area contributed by atoms with Crippen molar-refractivity contribution in [2.24, 2.45) is 0 Å². The van der Waals surface area contributed by atoms with Crippen molar-refractivity contribution in [3.05, 3.63) is 41.0 Å². The Morgan fingerprint density at radius 2 is 1.57 bits per heavy atom. The third-order valence-electron chi connectivity index (χ3n) is 1.78. The molecule has 0 aliphatic carbocycles. The summed E-state index contributed by atoms with van der Waals surface area (Å²) < 4.78 is 25.8. The van der Waals surface area contributed by atoms with E-state index in [4.69, 9.17) is 0 Å². The van der Waals surface area contributed by atoms with Crippen molar-refractivity contribution in [2.75, 3.05) is 6.26 Å². The van der Waals surface area contributed by atoms with Crippen LogP contribution in [0.15, 0.2) is 23.8 Å². The maximum atomic E-state index is 12.9. The molecule has 76 valence electrons. The molecule has 0 aromatic heterocycles. The average molecular weight is 214 g/mol. The van der Waals surface area contributed by atoms with Crippen molar-refractivity contribution in [1.29, 1.82) is 0 Å². The van der Waals surface area contributed by atoms with Crippen LogP contribution in [-0.2, 0) is 0 Å². The Morgan fingerprint density at radius 1 is 1.07 bits per heavy atom. The minimum absolute atomic E-state index is 0.534. The normalized spacial score (nSPS) is 10.1. The van der Waals surface area contributed by atoms with E-state index >= 15 is 0 Å². The topological polar surface area (TPSA) is 0 Å². The Bertz CT molecular complexity index is 345. The zero-order valence-corrected chi connectivity index (χ0v) is 9.21. The molecule has 0 unspecified atom stereocenters. The summed E-state index contributed by atoms with van der Waals surface area (Å²) in [5.41, 5.74) is 1.66. The fraction of sp³-hybridized carbons (Fsp3) is 0.273. The first-order valence-corrected chi connectivity index (χ1v) is 5.45. The van der Waals surface area contributed by atoms with E-state index in [-0.39, 0.29) is 0 Å². The Kier molecular flexibility index (Phi) is 3.69. The molecular formula is C11H12F2S. The summed E-state index contributed by atoms with van der Waals surface area (Å²) in [6.07, 6.45) is 1.89. The third kappa shape index (κ3) is 2.58. The summed E-state index contributed by atoms with van der Waals surface area (Å²) in [4.78, 5) is 0.920. The molecule has 0 N–H and O–H groups in total. The lowest BCUT2D eigenvalue weighted by molar-refractivity contribution is 0.582. The van der Waals surface area contributed by atoms with Gasteiger partial charge >= 0.3 is 0 Å². The van der Waals surface area contributed by atoms with Crippen LogP contribution in [0, 0.1) is 11.6 Å². The summed E-state index contributed by atoms with van der Waals surface area (Å²) in [5, 5.41) is 0. The molecule has 1 aromatic rings. The molecule has 0 saturated heterocycles. The van der Waals surface area contributed by atoms with E-state index in [0.717, 1.165) is 16.5 Å². The van der Waals surface area contributed by atoms with Crippen LogP contribution in [0.1, 0.15) is 19.4 Å². The van der Waals surface area contributed by atoms with Gasteiger partial charge in [-0.25, -0.2) is 8.78 Å². The lowest BCUT2D eigenvalue weighted by Gasteiger charge is -2.07. The smallest absolute Gasteiger partial charge is 0.126 e. The monoisotopic (exact) mass is 214 g/mol. The van der Waals surface area contributed by atoms with Crippen molar-refractivity contribution < 1.29 is 8.78 Å². The Morgan fingerprint density at radius 3 is 1.93 bits per heavy atom. The fourth-order valence-electron chi connectivity index (χ4n) is 1.30. The molecule has 0 aliphatic rings. The van der Waals surface area contributed by atoms with Gasteiger partial charge in [-0.15, -0.1) is 11.8 Å². The second-order valence-electron chi connectivity index (χ2n) is 3.19.